The molecule has 0 saturated heterocycles. The molecule has 0 atom stereocenters. The molecule has 20 heavy (non-hydrogen) atoms. The fourth-order valence-corrected chi connectivity index (χ4v) is 2.31. The second-order valence-corrected chi connectivity index (χ2v) is 5.26. The molecule has 1 N–H and O–H groups in total. The first-order valence-corrected chi connectivity index (χ1v) is 6.92. The standard InChI is InChI=1S/C14H16BrN3O2/c1-9(17-19)11-5-4-6-12(7-11)20-8-13-14(15)10(2)16-18(13)3/h4-7,19H,8H2,1-3H3. The van der Waals surface area contributed by atoms with E-state index in [0.717, 1.165) is 27.2 Å². The van der Waals surface area contributed by atoms with Gasteiger partial charge in [-0.15, -0.1) is 0 Å². The van der Waals surface area contributed by atoms with Crippen molar-refractivity contribution in [2.45, 2.75) is 20.5 Å². The van der Waals surface area contributed by atoms with Crippen LogP contribution in [0.1, 0.15) is 23.9 Å². The highest BCUT2D eigenvalue weighted by molar-refractivity contribution is 9.10. The lowest BCUT2D eigenvalue weighted by Crippen LogP contribution is -2.04. The Morgan fingerprint density at radius 2 is 2.25 bits per heavy atom. The van der Waals surface area contributed by atoms with Gasteiger partial charge in [0.1, 0.15) is 12.4 Å². The van der Waals surface area contributed by atoms with Crippen LogP contribution < -0.4 is 4.74 Å². The van der Waals surface area contributed by atoms with Crippen molar-refractivity contribution in [1.82, 2.24) is 9.78 Å². The summed E-state index contributed by atoms with van der Waals surface area (Å²) in [6.07, 6.45) is 0. The molecule has 0 amide bonds. The van der Waals surface area contributed by atoms with Crippen molar-refractivity contribution in [3.8, 4) is 5.75 Å². The van der Waals surface area contributed by atoms with Crippen LogP contribution in [0.15, 0.2) is 33.9 Å². The van der Waals surface area contributed by atoms with Gasteiger partial charge < -0.3 is 9.94 Å². The molecule has 5 nitrogen and oxygen atoms in total. The second kappa shape index (κ2) is 6.09. The Kier molecular flexibility index (Phi) is 4.44. The minimum Gasteiger partial charge on any atom is -0.487 e. The van der Waals surface area contributed by atoms with Gasteiger partial charge in [-0.05, 0) is 41.9 Å². The van der Waals surface area contributed by atoms with Gasteiger partial charge in [0.15, 0.2) is 0 Å². The Balaban J connectivity index is 2.15. The van der Waals surface area contributed by atoms with Gasteiger partial charge in [0.05, 0.1) is 21.6 Å². The van der Waals surface area contributed by atoms with E-state index in [9.17, 15) is 0 Å². The fraction of sp³-hybridized carbons (Fsp3) is 0.286. The van der Waals surface area contributed by atoms with Gasteiger partial charge in [0.2, 0.25) is 0 Å². The lowest BCUT2D eigenvalue weighted by molar-refractivity contribution is 0.294. The van der Waals surface area contributed by atoms with E-state index in [0.29, 0.717) is 12.3 Å². The topological polar surface area (TPSA) is 59.6 Å². The fourth-order valence-electron chi connectivity index (χ4n) is 1.86. The maximum absolute atomic E-state index is 8.79. The van der Waals surface area contributed by atoms with Crippen molar-refractivity contribution in [2.75, 3.05) is 0 Å². The van der Waals surface area contributed by atoms with Gasteiger partial charge >= 0.3 is 0 Å². The van der Waals surface area contributed by atoms with Crippen LogP contribution in [-0.4, -0.2) is 20.7 Å². The number of benzene rings is 1. The largest absolute Gasteiger partial charge is 0.487 e. The van der Waals surface area contributed by atoms with Crippen LogP contribution in [0.3, 0.4) is 0 Å². The van der Waals surface area contributed by atoms with Crippen LogP contribution in [0, 0.1) is 6.92 Å². The third kappa shape index (κ3) is 3.01. The van der Waals surface area contributed by atoms with Gasteiger partial charge in [-0.25, -0.2) is 0 Å². The minimum absolute atomic E-state index is 0.413. The summed E-state index contributed by atoms with van der Waals surface area (Å²) >= 11 is 3.51. The first-order valence-electron chi connectivity index (χ1n) is 6.12. The number of oxime groups is 1. The van der Waals surface area contributed by atoms with Crippen molar-refractivity contribution in [3.05, 3.63) is 45.7 Å². The number of aryl methyl sites for hydroxylation is 2. The third-order valence-electron chi connectivity index (χ3n) is 3.04. The number of ether oxygens (including phenoxy) is 1. The summed E-state index contributed by atoms with van der Waals surface area (Å²) < 4.78 is 8.53. The quantitative estimate of drug-likeness (QED) is 0.529. The number of rotatable bonds is 4. The van der Waals surface area contributed by atoms with Crippen molar-refractivity contribution in [3.63, 3.8) is 0 Å². The molecule has 6 heteroatoms. The highest BCUT2D eigenvalue weighted by atomic mass is 79.9. The maximum Gasteiger partial charge on any atom is 0.131 e. The van der Waals surface area contributed by atoms with Gasteiger partial charge in [-0.1, -0.05) is 17.3 Å². The number of halogens is 1. The molecule has 1 aromatic heterocycles. The number of aromatic nitrogens is 2. The predicted octanol–water partition coefficient (Wildman–Crippen LogP) is 3.27. The zero-order valence-corrected chi connectivity index (χ0v) is 13.2. The van der Waals surface area contributed by atoms with Crippen molar-refractivity contribution >= 4 is 21.6 Å². The zero-order valence-electron chi connectivity index (χ0n) is 11.6. The van der Waals surface area contributed by atoms with Crippen molar-refractivity contribution in [2.24, 2.45) is 12.2 Å². The Morgan fingerprint density at radius 3 is 2.85 bits per heavy atom. The van der Waals surface area contributed by atoms with E-state index in [-0.39, 0.29) is 0 Å². The predicted molar refractivity (Wildman–Crippen MR) is 80.4 cm³/mol. The van der Waals surface area contributed by atoms with E-state index >= 15 is 0 Å². The summed E-state index contributed by atoms with van der Waals surface area (Å²) in [4.78, 5) is 0. The van der Waals surface area contributed by atoms with Crippen LogP contribution in [0.25, 0.3) is 0 Å². The van der Waals surface area contributed by atoms with E-state index in [1.54, 1.807) is 11.6 Å². The molecule has 0 saturated carbocycles. The molecule has 0 aliphatic carbocycles. The van der Waals surface area contributed by atoms with Crippen LogP contribution in [0.5, 0.6) is 5.75 Å². The van der Waals surface area contributed by atoms with E-state index < -0.39 is 0 Å². The summed E-state index contributed by atoms with van der Waals surface area (Å²) in [7, 11) is 1.88. The first kappa shape index (κ1) is 14.6. The number of nitrogens with zero attached hydrogens (tertiary/aromatic N) is 3. The average molecular weight is 338 g/mol. The molecule has 1 heterocycles. The summed E-state index contributed by atoms with van der Waals surface area (Å²) in [6, 6.07) is 7.44. The molecule has 0 fully saturated rings. The normalized spacial score (nSPS) is 11.7. The van der Waals surface area contributed by atoms with Crippen molar-refractivity contribution in [1.29, 1.82) is 0 Å². The maximum atomic E-state index is 8.79. The van der Waals surface area contributed by atoms with Gasteiger partial charge in [-0.2, -0.15) is 5.10 Å². The van der Waals surface area contributed by atoms with E-state index in [1.807, 2.05) is 38.2 Å². The number of hydrogen-bond acceptors (Lipinski definition) is 4. The summed E-state index contributed by atoms with van der Waals surface area (Å²) in [5.41, 5.74) is 3.28. The van der Waals surface area contributed by atoms with Crippen LogP contribution in [0.4, 0.5) is 0 Å². The highest BCUT2D eigenvalue weighted by Gasteiger charge is 2.11. The molecule has 2 aromatic rings. The monoisotopic (exact) mass is 337 g/mol. The molecule has 106 valence electrons. The van der Waals surface area contributed by atoms with Crippen LogP contribution in [0.2, 0.25) is 0 Å². The van der Waals surface area contributed by atoms with Crippen LogP contribution >= 0.6 is 15.9 Å². The Labute approximate surface area is 126 Å². The molecule has 0 unspecified atom stereocenters. The second-order valence-electron chi connectivity index (χ2n) is 4.47. The molecular formula is C14H16BrN3O2. The van der Waals surface area contributed by atoms with E-state index in [2.05, 4.69) is 26.2 Å². The van der Waals surface area contributed by atoms with Gasteiger partial charge in [0.25, 0.3) is 0 Å². The summed E-state index contributed by atoms with van der Waals surface area (Å²) in [6.45, 7) is 4.09. The molecule has 1 aromatic carbocycles. The Bertz CT molecular complexity index is 650. The Morgan fingerprint density at radius 1 is 1.50 bits per heavy atom. The third-order valence-corrected chi connectivity index (χ3v) is 4.07. The van der Waals surface area contributed by atoms with E-state index in [1.165, 1.54) is 0 Å². The summed E-state index contributed by atoms with van der Waals surface area (Å²) in [5.74, 6) is 0.719. The van der Waals surface area contributed by atoms with Crippen LogP contribution in [-0.2, 0) is 13.7 Å². The number of hydrogen-bond donors (Lipinski definition) is 1. The lowest BCUT2D eigenvalue weighted by Gasteiger charge is -2.08. The highest BCUT2D eigenvalue weighted by Crippen LogP contribution is 2.22. The molecule has 0 aliphatic rings. The molecule has 0 aliphatic heterocycles. The molecule has 2 rings (SSSR count). The smallest absolute Gasteiger partial charge is 0.131 e. The zero-order chi connectivity index (χ0) is 14.7. The minimum atomic E-state index is 0.413. The van der Waals surface area contributed by atoms with Gasteiger partial charge in [-0.3, -0.25) is 4.68 Å². The lowest BCUT2D eigenvalue weighted by atomic mass is 10.1. The molecule has 0 bridgehead atoms. The van der Waals surface area contributed by atoms with Gasteiger partial charge in [0, 0.05) is 12.6 Å². The Hall–Kier alpha value is -1.82. The summed E-state index contributed by atoms with van der Waals surface area (Å²) in [5, 5.41) is 16.3. The molecule has 0 spiro atoms. The first-order chi connectivity index (χ1) is 9.52. The van der Waals surface area contributed by atoms with Crippen molar-refractivity contribution < 1.29 is 9.94 Å². The molecule has 0 radical (unpaired) electrons. The SMILES string of the molecule is CC(=NO)c1cccc(OCc2c(Br)c(C)nn2C)c1. The van der Waals surface area contributed by atoms with E-state index in [4.69, 9.17) is 9.94 Å². The average Bonchev–Trinajstić information content (AvgIpc) is 2.69. The molecular weight excluding hydrogens is 322 g/mol.